The molecule has 0 aliphatic heterocycles. The molecule has 31 heavy (non-hydrogen) atoms. The van der Waals surface area contributed by atoms with Crippen LogP contribution in [0.25, 0.3) is 0 Å². The van der Waals surface area contributed by atoms with Crippen molar-refractivity contribution < 1.29 is 0 Å². The Balaban J connectivity index is 0. The Hall–Kier alpha value is 0.440. The van der Waals surface area contributed by atoms with Crippen molar-refractivity contribution in [2.75, 3.05) is 0 Å². The van der Waals surface area contributed by atoms with Crippen molar-refractivity contribution in [3.05, 3.63) is 0 Å². The van der Waals surface area contributed by atoms with Gasteiger partial charge in [0.1, 0.15) is 0 Å². The van der Waals surface area contributed by atoms with Crippen molar-refractivity contribution in [3.63, 3.8) is 0 Å². The summed E-state index contributed by atoms with van der Waals surface area (Å²) in [6.45, 7) is 9.29. The molecule has 1 unspecified atom stereocenters. The molecular weight excluding hydrogens is 442 g/mol. The third-order valence-corrected chi connectivity index (χ3v) is 7.35. The number of rotatable bonds is 24. The lowest BCUT2D eigenvalue weighted by atomic mass is 9.72. The third kappa shape index (κ3) is 19.6. The molecule has 0 aromatic carbocycles. The Morgan fingerprint density at radius 3 is 1.19 bits per heavy atom. The van der Waals surface area contributed by atoms with E-state index < -0.39 is 0 Å². The first-order valence-electron chi connectivity index (χ1n) is 14.4. The minimum Gasteiger partial charge on any atom is -0.325 e. The summed E-state index contributed by atoms with van der Waals surface area (Å²) < 4.78 is 0. The number of hydrogen-bond donors (Lipinski definition) is 1. The van der Waals surface area contributed by atoms with Gasteiger partial charge in [-0.05, 0) is 31.6 Å². The van der Waals surface area contributed by atoms with Crippen LogP contribution in [0.15, 0.2) is 0 Å². The lowest BCUT2D eigenvalue weighted by Crippen LogP contribution is -2.47. The molecule has 0 spiro atoms. The second kappa shape index (κ2) is 25.1. The number of unbranched alkanes of at least 4 members (excludes halogenated alkanes) is 15. The van der Waals surface area contributed by atoms with Gasteiger partial charge in [0.15, 0.2) is 0 Å². The van der Waals surface area contributed by atoms with E-state index in [-0.39, 0.29) is 22.5 Å². The zero-order valence-electron chi connectivity index (χ0n) is 22.3. The van der Waals surface area contributed by atoms with E-state index in [1.807, 2.05) is 0 Å². The van der Waals surface area contributed by atoms with E-state index >= 15 is 0 Å². The highest BCUT2D eigenvalue weighted by molar-refractivity contribution is 8.93. The van der Waals surface area contributed by atoms with Crippen molar-refractivity contribution in [2.45, 2.75) is 181 Å². The molecule has 0 heterocycles. The predicted octanol–water partition coefficient (Wildman–Crippen LogP) is 10.9. The second-order valence-corrected chi connectivity index (χ2v) is 10.3. The molecule has 1 atom stereocenters. The average Bonchev–Trinajstić information content (AvgIpc) is 2.74. The van der Waals surface area contributed by atoms with Crippen LogP contribution in [0, 0.1) is 5.92 Å². The molecule has 0 rings (SSSR count). The van der Waals surface area contributed by atoms with E-state index in [2.05, 4.69) is 27.7 Å². The van der Waals surface area contributed by atoms with Gasteiger partial charge in [-0.3, -0.25) is 0 Å². The number of hydrogen-bond acceptors (Lipinski definition) is 1. The zero-order valence-corrected chi connectivity index (χ0v) is 24.0. The first-order valence-corrected chi connectivity index (χ1v) is 14.4. The van der Waals surface area contributed by atoms with E-state index in [1.54, 1.807) is 0 Å². The summed E-state index contributed by atoms with van der Waals surface area (Å²) in [4.78, 5) is 0. The standard InChI is InChI=1S/C29H61N.BrH/c1-5-9-12-15-18-21-25-28(24-8-4)29(30,26-22-19-16-13-10-6-2)27-23-20-17-14-11-7-3;/h28H,5-27,30H2,1-4H3;1H. The normalized spacial score (nSPS) is 12.7. The molecule has 0 fully saturated rings. The van der Waals surface area contributed by atoms with E-state index in [1.165, 1.54) is 148 Å². The van der Waals surface area contributed by atoms with Crippen molar-refractivity contribution >= 4 is 17.0 Å². The Kier molecular flexibility index (Phi) is 27.2. The summed E-state index contributed by atoms with van der Waals surface area (Å²) in [6, 6.07) is 0. The highest BCUT2D eigenvalue weighted by Crippen LogP contribution is 2.35. The van der Waals surface area contributed by atoms with E-state index in [0.29, 0.717) is 0 Å². The Morgan fingerprint density at radius 2 is 0.806 bits per heavy atom. The highest BCUT2D eigenvalue weighted by atomic mass is 79.9. The molecule has 2 heteroatoms. The lowest BCUT2D eigenvalue weighted by molar-refractivity contribution is 0.192. The minimum absolute atomic E-state index is 0. The van der Waals surface area contributed by atoms with Crippen molar-refractivity contribution in [1.82, 2.24) is 0 Å². The summed E-state index contributed by atoms with van der Waals surface area (Å²) in [7, 11) is 0. The summed E-state index contributed by atoms with van der Waals surface area (Å²) in [5, 5.41) is 0. The molecule has 0 saturated carbocycles. The fraction of sp³-hybridized carbons (Fsp3) is 1.00. The van der Waals surface area contributed by atoms with E-state index in [9.17, 15) is 0 Å². The van der Waals surface area contributed by atoms with E-state index in [0.717, 1.165) is 5.92 Å². The molecule has 0 aromatic rings. The first-order chi connectivity index (χ1) is 14.6. The van der Waals surface area contributed by atoms with Gasteiger partial charge >= 0.3 is 0 Å². The SMILES string of the molecule is Br.CCCCCCCCC(CCC)C(N)(CCCCCCCC)CCCCCCCC. The molecule has 2 N–H and O–H groups in total. The first kappa shape index (κ1) is 33.6. The minimum atomic E-state index is 0. The summed E-state index contributed by atoms with van der Waals surface area (Å²) >= 11 is 0. The van der Waals surface area contributed by atoms with Crippen LogP contribution in [0.3, 0.4) is 0 Å². The van der Waals surface area contributed by atoms with Crippen LogP contribution in [-0.4, -0.2) is 5.54 Å². The molecular formula is C29H62BrN. The van der Waals surface area contributed by atoms with Gasteiger partial charge in [-0.25, -0.2) is 0 Å². The lowest BCUT2D eigenvalue weighted by Gasteiger charge is -2.39. The van der Waals surface area contributed by atoms with Gasteiger partial charge in [0.05, 0.1) is 0 Å². The van der Waals surface area contributed by atoms with E-state index in [4.69, 9.17) is 5.73 Å². The molecule has 0 amide bonds. The van der Waals surface area contributed by atoms with Crippen LogP contribution in [0.2, 0.25) is 0 Å². The van der Waals surface area contributed by atoms with Crippen molar-refractivity contribution in [3.8, 4) is 0 Å². The molecule has 0 aliphatic carbocycles. The maximum Gasteiger partial charge on any atom is 0.0182 e. The third-order valence-electron chi connectivity index (χ3n) is 7.35. The maximum absolute atomic E-state index is 7.27. The fourth-order valence-corrected chi connectivity index (χ4v) is 5.24. The Bertz CT molecular complexity index is 315. The Labute approximate surface area is 209 Å². The fourth-order valence-electron chi connectivity index (χ4n) is 5.24. The van der Waals surface area contributed by atoms with Crippen LogP contribution in [0.5, 0.6) is 0 Å². The van der Waals surface area contributed by atoms with Gasteiger partial charge in [0.25, 0.3) is 0 Å². The average molecular weight is 505 g/mol. The van der Waals surface area contributed by atoms with Crippen LogP contribution in [0.1, 0.15) is 175 Å². The molecule has 0 aliphatic rings. The van der Waals surface area contributed by atoms with Crippen LogP contribution >= 0.6 is 17.0 Å². The summed E-state index contributed by atoms with van der Waals surface area (Å²) in [6.07, 6.45) is 31.7. The number of nitrogens with two attached hydrogens (primary N) is 1. The summed E-state index contributed by atoms with van der Waals surface area (Å²) in [5.74, 6) is 0.750. The van der Waals surface area contributed by atoms with Gasteiger partial charge < -0.3 is 5.73 Å². The molecule has 0 saturated heterocycles. The second-order valence-electron chi connectivity index (χ2n) is 10.3. The molecule has 1 nitrogen and oxygen atoms in total. The van der Waals surface area contributed by atoms with Crippen LogP contribution < -0.4 is 5.73 Å². The van der Waals surface area contributed by atoms with Gasteiger partial charge in [0.2, 0.25) is 0 Å². The van der Waals surface area contributed by atoms with Gasteiger partial charge in [-0.2, -0.15) is 0 Å². The van der Waals surface area contributed by atoms with Crippen LogP contribution in [-0.2, 0) is 0 Å². The van der Waals surface area contributed by atoms with Gasteiger partial charge in [-0.15, -0.1) is 17.0 Å². The molecule has 0 radical (unpaired) electrons. The van der Waals surface area contributed by atoms with Crippen LogP contribution in [0.4, 0.5) is 0 Å². The quantitative estimate of drug-likeness (QED) is 0.130. The molecule has 0 bridgehead atoms. The zero-order chi connectivity index (χ0) is 22.3. The number of halogens is 1. The monoisotopic (exact) mass is 503 g/mol. The van der Waals surface area contributed by atoms with Crippen molar-refractivity contribution in [1.29, 1.82) is 0 Å². The topological polar surface area (TPSA) is 26.0 Å². The van der Waals surface area contributed by atoms with Crippen molar-refractivity contribution in [2.24, 2.45) is 11.7 Å². The smallest absolute Gasteiger partial charge is 0.0182 e. The van der Waals surface area contributed by atoms with Gasteiger partial charge in [-0.1, -0.05) is 150 Å². The largest absolute Gasteiger partial charge is 0.325 e. The maximum atomic E-state index is 7.27. The van der Waals surface area contributed by atoms with Gasteiger partial charge in [0, 0.05) is 5.54 Å². The Morgan fingerprint density at radius 1 is 0.452 bits per heavy atom. The molecule has 0 aromatic heterocycles. The summed E-state index contributed by atoms with van der Waals surface area (Å²) in [5.41, 5.74) is 7.38. The predicted molar refractivity (Wildman–Crippen MR) is 150 cm³/mol. The highest BCUT2D eigenvalue weighted by Gasteiger charge is 2.32. The molecule has 190 valence electrons.